The average molecular weight is 939 g/mol. The lowest BCUT2D eigenvalue weighted by Gasteiger charge is -2.47. The third-order valence-electron chi connectivity index (χ3n) is 12.4. The topological polar surface area (TPSA) is 225 Å². The van der Waals surface area contributed by atoms with Gasteiger partial charge in [0.1, 0.15) is 30.6 Å². The van der Waals surface area contributed by atoms with Crippen molar-refractivity contribution in [3.05, 3.63) is 34.9 Å². The van der Waals surface area contributed by atoms with Gasteiger partial charge in [-0.2, -0.15) is 0 Å². The largest absolute Gasteiger partial charge is 0.509 e. The number of esters is 1. The maximum Gasteiger partial charge on any atom is 0.509 e. The lowest BCUT2D eigenvalue weighted by atomic mass is 9.77. The van der Waals surface area contributed by atoms with E-state index in [4.69, 9.17) is 28.4 Å². The third kappa shape index (κ3) is 11.4. The fourth-order valence-corrected chi connectivity index (χ4v) is 9.56. The van der Waals surface area contributed by atoms with Crippen molar-refractivity contribution in [1.82, 2.24) is 35.6 Å². The number of cyclic esters (lactones) is 1. The van der Waals surface area contributed by atoms with Gasteiger partial charge in [-0.3, -0.25) is 19.9 Å². The summed E-state index contributed by atoms with van der Waals surface area (Å²) < 4.78 is 38.6. The predicted molar refractivity (Wildman–Crippen MR) is 227 cm³/mol. The standard InChI is InChI=1S/C42H64BrN7O12/c1-12-31-42(8)36(61-40(55)62-42)26(6)49(11)19-22(2)18-41(7,56)35(60-38-33(52)30(48(9)10)16-23(3)57-38)24(4)34(25(5)37(53)58-31)59-39(54)46-45-32(51)21-50-20-29(44-47-50)27-14-13-15-28(43)17-27/h13-15,17,20,22-26,30-31,33-36,38,52,56H,12,16,18-19,21H2,1-11H3,(H,45,51)(H,46,54)/t22-,23-,24+,25-,26-,30+,31-,33-,34+,35-,36-,38+,41-,42-/m1/s1. The minimum absolute atomic E-state index is 0.143. The highest BCUT2D eigenvalue weighted by molar-refractivity contribution is 9.10. The van der Waals surface area contributed by atoms with Crippen LogP contribution in [0.5, 0.6) is 0 Å². The van der Waals surface area contributed by atoms with E-state index in [2.05, 4.69) is 37.1 Å². The summed E-state index contributed by atoms with van der Waals surface area (Å²) in [5, 5.41) is 32.2. The Morgan fingerprint density at radius 3 is 2.47 bits per heavy atom. The monoisotopic (exact) mass is 937 g/mol. The van der Waals surface area contributed by atoms with Crippen LogP contribution >= 0.6 is 15.9 Å². The van der Waals surface area contributed by atoms with Crippen LogP contribution in [-0.2, 0) is 44.6 Å². The van der Waals surface area contributed by atoms with Crippen LogP contribution in [0.4, 0.5) is 9.59 Å². The number of fused-ring (bicyclic) bond motifs is 1. The van der Waals surface area contributed by atoms with Crippen molar-refractivity contribution in [3.63, 3.8) is 0 Å². The molecule has 4 heterocycles. The van der Waals surface area contributed by atoms with E-state index in [-0.39, 0.29) is 37.5 Å². The maximum absolute atomic E-state index is 14.3. The van der Waals surface area contributed by atoms with Gasteiger partial charge in [0.2, 0.25) is 0 Å². The molecule has 19 nitrogen and oxygen atoms in total. The summed E-state index contributed by atoms with van der Waals surface area (Å²) in [6.07, 6.45) is -6.63. The summed E-state index contributed by atoms with van der Waals surface area (Å²) in [7, 11) is 5.56. The van der Waals surface area contributed by atoms with E-state index >= 15 is 0 Å². The van der Waals surface area contributed by atoms with Crippen molar-refractivity contribution in [2.24, 2.45) is 17.8 Å². The molecule has 4 N–H and O–H groups in total. The van der Waals surface area contributed by atoms with Crippen LogP contribution < -0.4 is 10.9 Å². The van der Waals surface area contributed by atoms with Crippen LogP contribution in [0.3, 0.4) is 0 Å². The Kier molecular flexibility index (Phi) is 16.1. The van der Waals surface area contributed by atoms with Gasteiger partial charge >= 0.3 is 18.2 Å². The lowest BCUT2D eigenvalue weighted by Crippen LogP contribution is -2.59. The van der Waals surface area contributed by atoms with Gasteiger partial charge < -0.3 is 43.5 Å². The van der Waals surface area contributed by atoms with Crippen molar-refractivity contribution in [2.75, 3.05) is 27.7 Å². The van der Waals surface area contributed by atoms with E-state index in [1.165, 1.54) is 11.6 Å². The molecule has 0 bridgehead atoms. The van der Waals surface area contributed by atoms with Crippen molar-refractivity contribution in [2.45, 2.75) is 147 Å². The number of amides is 2. The normalized spacial score (nSPS) is 36.3. The first-order valence-electron chi connectivity index (χ1n) is 21.1. The van der Waals surface area contributed by atoms with E-state index in [1.54, 1.807) is 33.9 Å². The van der Waals surface area contributed by atoms with Gasteiger partial charge in [-0.15, -0.1) is 5.10 Å². The van der Waals surface area contributed by atoms with E-state index in [0.717, 1.165) is 10.0 Å². The van der Waals surface area contributed by atoms with Crippen LogP contribution in [0.15, 0.2) is 34.9 Å². The number of nitrogens with zero attached hydrogens (tertiary/aromatic N) is 5. The molecule has 346 valence electrons. The molecule has 0 spiro atoms. The van der Waals surface area contributed by atoms with Gasteiger partial charge in [0.15, 0.2) is 18.0 Å². The second kappa shape index (κ2) is 20.3. The molecule has 3 fully saturated rings. The summed E-state index contributed by atoms with van der Waals surface area (Å²) in [4.78, 5) is 57.6. The summed E-state index contributed by atoms with van der Waals surface area (Å²) in [6, 6.07) is 6.66. The molecule has 0 aliphatic carbocycles. The Balaban J connectivity index is 1.45. The van der Waals surface area contributed by atoms with E-state index in [9.17, 15) is 29.4 Å². The quantitative estimate of drug-likeness (QED) is 0.168. The van der Waals surface area contributed by atoms with Crippen LogP contribution in [0.1, 0.15) is 74.7 Å². The number of carbonyl (C=O) groups is 4. The molecule has 3 aliphatic heterocycles. The molecule has 20 heteroatoms. The van der Waals surface area contributed by atoms with Crippen molar-refractivity contribution < 1.29 is 57.8 Å². The number of carbonyl (C=O) groups excluding carboxylic acids is 4. The minimum Gasteiger partial charge on any atom is -0.458 e. The number of aromatic nitrogens is 3. The van der Waals surface area contributed by atoms with Crippen LogP contribution in [0.25, 0.3) is 11.3 Å². The van der Waals surface area contributed by atoms with Gasteiger partial charge in [-0.1, -0.05) is 54.0 Å². The van der Waals surface area contributed by atoms with Gasteiger partial charge in [0, 0.05) is 34.6 Å². The highest BCUT2D eigenvalue weighted by atomic mass is 79.9. The number of hydrazine groups is 1. The Hall–Kier alpha value is -3.92. The second-order valence-electron chi connectivity index (χ2n) is 17.9. The van der Waals surface area contributed by atoms with Crippen LogP contribution in [-0.4, -0.2) is 153 Å². The SMILES string of the molecule is CC[C@H]1OC(=O)[C@H](C)[C@@H](OC(=O)NNC(=O)Cn2cc(-c3cccc(Br)c3)nn2)[C@H](C)[C@@H](O[C@@H]2O[C@H](C)C[C@H](N(C)C)[C@H]2O)[C@](C)(O)C[C@@H](C)CN(C)[C@H](C)[C@H]2OC(=O)O[C@@]21C. The Morgan fingerprint density at radius 1 is 1.10 bits per heavy atom. The molecule has 2 aromatic rings. The van der Waals surface area contributed by atoms with E-state index < -0.39 is 90.0 Å². The number of rotatable bonds is 8. The van der Waals surface area contributed by atoms with E-state index in [1.807, 2.05) is 76.0 Å². The number of ether oxygens (including phenoxy) is 6. The Labute approximate surface area is 371 Å². The fraction of sp³-hybridized carbons (Fsp3) is 0.714. The molecule has 1 aromatic heterocycles. The van der Waals surface area contributed by atoms with Crippen LogP contribution in [0.2, 0.25) is 0 Å². The van der Waals surface area contributed by atoms with Gasteiger partial charge in [0.25, 0.3) is 5.91 Å². The molecule has 2 amide bonds. The zero-order valence-electron chi connectivity index (χ0n) is 37.4. The molecule has 3 aliphatic rings. The first kappa shape index (κ1) is 49.1. The molecular formula is C42H64BrN7O12. The third-order valence-corrected chi connectivity index (χ3v) is 12.9. The van der Waals surface area contributed by atoms with Gasteiger partial charge in [-0.25, -0.2) is 19.7 Å². The van der Waals surface area contributed by atoms with Gasteiger partial charge in [-0.05, 0) is 93.1 Å². The van der Waals surface area contributed by atoms with Crippen LogP contribution in [0, 0.1) is 17.8 Å². The smallest absolute Gasteiger partial charge is 0.458 e. The Bertz CT molecular complexity index is 1890. The molecule has 5 rings (SSSR count). The number of hydrogen-bond acceptors (Lipinski definition) is 16. The molecule has 1 aromatic carbocycles. The molecule has 3 saturated heterocycles. The molecule has 14 atom stereocenters. The average Bonchev–Trinajstić information content (AvgIpc) is 3.79. The van der Waals surface area contributed by atoms with Crippen molar-refractivity contribution >= 4 is 40.1 Å². The second-order valence-corrected chi connectivity index (χ2v) is 18.8. The number of aliphatic hydroxyl groups excluding tert-OH is 1. The molecule has 0 saturated carbocycles. The van der Waals surface area contributed by atoms with Gasteiger partial charge in [0.05, 0.1) is 29.9 Å². The number of halogens is 1. The number of likely N-dealkylation sites (N-methyl/N-ethyl adjacent to an activating group) is 2. The summed E-state index contributed by atoms with van der Waals surface area (Å²) in [6.45, 7) is 14.0. The minimum atomic E-state index is -1.69. The number of hydrogen-bond donors (Lipinski definition) is 4. The highest BCUT2D eigenvalue weighted by Gasteiger charge is 2.58. The molecule has 0 unspecified atom stereocenters. The number of benzene rings is 1. The predicted octanol–water partition coefficient (Wildman–Crippen LogP) is 3.64. The maximum atomic E-state index is 14.3. The van der Waals surface area contributed by atoms with Crippen molar-refractivity contribution in [3.8, 4) is 11.3 Å². The van der Waals surface area contributed by atoms with E-state index in [0.29, 0.717) is 18.7 Å². The Morgan fingerprint density at radius 2 is 1.81 bits per heavy atom. The van der Waals surface area contributed by atoms with Crippen molar-refractivity contribution in [1.29, 1.82) is 0 Å². The zero-order chi connectivity index (χ0) is 45.8. The summed E-state index contributed by atoms with van der Waals surface area (Å²) in [5.41, 5.74) is 2.79. The number of nitrogens with one attached hydrogen (secondary N) is 2. The zero-order valence-corrected chi connectivity index (χ0v) is 39.0. The highest BCUT2D eigenvalue weighted by Crippen LogP contribution is 2.40. The number of aliphatic hydroxyl groups is 2. The fourth-order valence-electron chi connectivity index (χ4n) is 9.16. The first-order valence-corrected chi connectivity index (χ1v) is 21.9. The first-order chi connectivity index (χ1) is 29.0. The molecular weight excluding hydrogens is 874 g/mol. The summed E-state index contributed by atoms with van der Waals surface area (Å²) in [5.74, 6) is -3.90. The molecule has 62 heavy (non-hydrogen) atoms. The molecule has 0 radical (unpaired) electrons. The lowest BCUT2D eigenvalue weighted by molar-refractivity contribution is -0.299. The summed E-state index contributed by atoms with van der Waals surface area (Å²) >= 11 is 3.43.